The number of amides is 3. The molecule has 25 nitrogen and oxygen atoms in total. The third kappa shape index (κ3) is 16.5. The number of nitrogens with one attached hydrogen (secondary N) is 3. The van der Waals surface area contributed by atoms with E-state index >= 15 is 0 Å². The van der Waals surface area contributed by atoms with E-state index in [0.717, 1.165) is 216 Å². The molecule has 5 aliphatic heterocycles. The third-order valence-electron chi connectivity index (χ3n) is 30.9. The lowest BCUT2D eigenvalue weighted by Gasteiger charge is -2.37. The Labute approximate surface area is 838 Å². The highest BCUT2D eigenvalue weighted by Crippen LogP contribution is 2.57. The van der Waals surface area contributed by atoms with Crippen LogP contribution in [0.15, 0.2) is 243 Å². The fraction of sp³-hybridized carbons (Fsp3) is 0.286. The number of benzene rings is 9. The summed E-state index contributed by atoms with van der Waals surface area (Å²) >= 11 is 0. The Bertz CT molecular complexity index is 8290. The number of para-hydroxylation sites is 6. The quantitative estimate of drug-likeness (QED) is 0.0565. The van der Waals surface area contributed by atoms with Gasteiger partial charge in [0, 0.05) is 260 Å². The van der Waals surface area contributed by atoms with Gasteiger partial charge in [0.1, 0.15) is 18.0 Å². The molecule has 0 unspecified atom stereocenters. The number of likely N-dealkylation sites (tertiary alicyclic amines) is 1. The zero-order chi connectivity index (χ0) is 100. The fourth-order valence-electron chi connectivity index (χ4n) is 24.2. The number of likely N-dealkylation sites (N-methyl/N-ethyl adjacent to an activating group) is 3. The van der Waals surface area contributed by atoms with Crippen molar-refractivity contribution in [2.75, 3.05) is 86.0 Å². The second-order valence-electron chi connectivity index (χ2n) is 39.7. The number of anilines is 1. The van der Waals surface area contributed by atoms with Crippen molar-refractivity contribution in [1.82, 2.24) is 62.3 Å². The molecule has 25 rings (SSSR count). The van der Waals surface area contributed by atoms with E-state index < -0.39 is 29.9 Å². The number of allylic oxidation sites excluding steroid dienone is 4. The molecule has 0 radical (unpaired) electrons. The maximum absolute atomic E-state index is 14.0. The molecule has 8 aromatic heterocycles. The molecule has 17 aromatic rings. The maximum Gasteiger partial charge on any atom is 0.256 e. The average molecular weight is 1940 g/mol. The fourth-order valence-corrected chi connectivity index (χ4v) is 24.2. The first-order chi connectivity index (χ1) is 70.4. The van der Waals surface area contributed by atoms with Gasteiger partial charge in [-0.1, -0.05) is 147 Å². The molecule has 3 N–H and O–H groups in total. The van der Waals surface area contributed by atoms with Gasteiger partial charge in [-0.05, 0) is 170 Å². The van der Waals surface area contributed by atoms with Gasteiger partial charge in [-0.15, -0.1) is 0 Å². The summed E-state index contributed by atoms with van der Waals surface area (Å²) in [5.74, 6) is -1.11. The molecular formula is C119H115FN14O11. The molecule has 26 heteroatoms. The van der Waals surface area contributed by atoms with Gasteiger partial charge in [0.2, 0.25) is 0 Å². The van der Waals surface area contributed by atoms with Crippen LogP contribution < -0.4 is 10.6 Å². The molecule has 2 fully saturated rings. The van der Waals surface area contributed by atoms with Crippen LogP contribution in [-0.2, 0) is 77.0 Å². The molecular weight excluding hydrogens is 1820 g/mol. The van der Waals surface area contributed by atoms with Crippen LogP contribution >= 0.6 is 0 Å². The number of carbonyl (C=O) groups excluding carboxylic acids is 8. The summed E-state index contributed by atoms with van der Waals surface area (Å²) in [6, 6.07) is 68.8. The first-order valence-electron chi connectivity index (χ1n) is 50.3. The number of hydrogen-bond acceptors (Lipinski definition) is 15. The minimum atomic E-state index is -0.944. The lowest BCUT2D eigenvalue weighted by Crippen LogP contribution is -2.52. The highest BCUT2D eigenvalue weighted by Gasteiger charge is 2.60. The average Bonchev–Trinajstić information content (AvgIpc) is 1.49. The smallest absolute Gasteiger partial charge is 0.256 e. The number of nitrogens with zero attached hydrogens (tertiary/aromatic N) is 11. The first-order valence-corrected chi connectivity index (χ1v) is 50.3. The maximum atomic E-state index is 14.0. The number of aromatic amines is 1. The van der Waals surface area contributed by atoms with Crippen molar-refractivity contribution < 1.29 is 57.0 Å². The van der Waals surface area contributed by atoms with E-state index in [4.69, 9.17) is 14.2 Å². The summed E-state index contributed by atoms with van der Waals surface area (Å²) in [6.45, 7) is 18.9. The van der Waals surface area contributed by atoms with Gasteiger partial charge in [-0.2, -0.15) is 0 Å². The van der Waals surface area contributed by atoms with Gasteiger partial charge in [-0.25, -0.2) is 4.39 Å². The molecule has 3 aliphatic carbocycles. The predicted molar refractivity (Wildman–Crippen MR) is 568 cm³/mol. The molecule has 13 heterocycles. The largest absolute Gasteiger partial charge is 0.375 e. The monoisotopic (exact) mass is 1930 g/mol. The summed E-state index contributed by atoms with van der Waals surface area (Å²) in [7, 11) is 9.67. The summed E-state index contributed by atoms with van der Waals surface area (Å²) in [5.41, 5.74) is 20.9. The number of Topliss-reactive ketones (excluding diaryl/α,β-unsaturated/α-hetero) is 5. The van der Waals surface area contributed by atoms with Gasteiger partial charge in [-0.3, -0.25) is 48.2 Å². The second-order valence-corrected chi connectivity index (χ2v) is 39.7. The Balaban J connectivity index is 0.000000111. The van der Waals surface area contributed by atoms with Gasteiger partial charge >= 0.3 is 0 Å². The number of aryl methyl sites for hydroxylation is 4. The van der Waals surface area contributed by atoms with E-state index in [1.807, 2.05) is 172 Å². The van der Waals surface area contributed by atoms with Gasteiger partial charge in [0.15, 0.2) is 40.9 Å². The highest BCUT2D eigenvalue weighted by molar-refractivity contribution is 6.53. The van der Waals surface area contributed by atoms with Crippen LogP contribution in [-0.4, -0.2) is 203 Å². The summed E-state index contributed by atoms with van der Waals surface area (Å²) in [6.07, 6.45) is 14.8. The molecule has 3 amide bonds. The van der Waals surface area contributed by atoms with Crippen LogP contribution in [0.3, 0.4) is 0 Å². The van der Waals surface area contributed by atoms with E-state index in [9.17, 15) is 42.7 Å². The standard InChI is InChI=1S/C35H29N3O4.C33H30N4O2.C29H29N3O3.C22H27FN4O2/c1-35-32(41-3)31(36(2)33(40)19-11-5-4-6-12-19)34(42-35)37-23-15-9-7-13-20(23)28-27-22(17-18-25(27)39)26-21-14-8-10-16-24(21)38(35)30(26)29(28)37;1-35-20-26(24-9-2-4-11-28(24)35)32-30(38)18-31(39)33(32)27-21-37(29-12-5-3-10-25(27)29)23-13-16-36(17-14-23)19-22-8-6-7-15-34-22;1-30(2)16-19-11-12-31-17-22(20-7-3-5-9-24(20)31)28-26(33)15-27(34)29(28)23-18-32(13-14-35-19)25-10-6-4-8-21(23)25;1-5-27(6-2)10-9-24-22(29)20-13(3)19(25-14(20)4)12-17-16-11-15(23)7-8-18(16)26-21(17)28/h4-16,31-32,34H,17-18H2,1-3H3;2-12,15,20-21,23H,13-14,16-19H2,1H3;3-10,17-19H,11-16H2,1-2H3;7-8,11-12,25H,5-6,9-10H2,1-4H3,(H,24,29)(H,26,28)/b;;;17-12-/t31-,32+,34-,35-;;19-;/m0.1./s1. The number of carbonyl (C=O) groups is 8. The molecule has 0 saturated carbocycles. The number of ether oxygens (including phenoxy) is 3. The molecule has 2 saturated heterocycles. The van der Waals surface area contributed by atoms with Gasteiger partial charge in [0.05, 0.1) is 64.4 Å². The number of piperidine rings is 1. The van der Waals surface area contributed by atoms with Crippen molar-refractivity contribution >= 4 is 173 Å². The first kappa shape index (κ1) is 94.7. The SMILES string of the molecule is CCN(CC)CCNC(=O)c1c(C)[nH]c(/C=C2\C(=O)Nc3ccc(F)cc32)c1C.CN(C)C[C@H]1CCn2cc(c3ccccc32)C2=C(C(=O)CC2=O)c2cn(c3ccccc23)CCO1.CO[C@@H]1[C@H](N(C)C(=O)c2ccccc2)[C@@H]2O[C@]1(C)n1c3ccccc3c3c4c(c5c6ccccc6n2c5c31)C(=O)CC4.Cn1cc(C2=C(c3cn(C4CCN(Cc5ccccn5)CC4)c4ccccc34)C(=O)CC2=O)c2ccccc21. The van der Waals surface area contributed by atoms with Crippen molar-refractivity contribution in [3.8, 4) is 0 Å². The Morgan fingerprint density at radius 2 is 1.15 bits per heavy atom. The van der Waals surface area contributed by atoms with Crippen LogP contribution in [0.25, 0.3) is 121 Å². The normalized spacial score (nSPS) is 19.2. The molecule has 9 aromatic carbocycles. The number of H-pyrrole nitrogens is 1. The van der Waals surface area contributed by atoms with Crippen LogP contribution in [0.5, 0.6) is 0 Å². The van der Waals surface area contributed by atoms with E-state index in [2.05, 4.69) is 178 Å². The number of ketones is 5. The minimum absolute atomic E-state index is 0.0701. The van der Waals surface area contributed by atoms with Gasteiger partial charge < -0.3 is 71.9 Å². The summed E-state index contributed by atoms with van der Waals surface area (Å²) in [4.78, 5) is 122. The van der Waals surface area contributed by atoms with Crippen LogP contribution in [0, 0.1) is 19.7 Å². The lowest BCUT2D eigenvalue weighted by atomic mass is 9.95. The molecule has 734 valence electrons. The van der Waals surface area contributed by atoms with Crippen LogP contribution in [0.4, 0.5) is 10.1 Å². The number of methoxy groups -OCH3 is 1. The topological polar surface area (TPSA) is 260 Å². The van der Waals surface area contributed by atoms with Crippen molar-refractivity contribution in [2.45, 2.75) is 135 Å². The van der Waals surface area contributed by atoms with E-state index in [1.54, 1.807) is 24.2 Å². The third-order valence-corrected chi connectivity index (χ3v) is 30.9. The Hall–Kier alpha value is -15.2. The number of pyridine rings is 1. The number of fused-ring (bicyclic) bond motifs is 28. The second kappa shape index (κ2) is 38.5. The number of hydrogen-bond donors (Lipinski definition) is 3. The molecule has 0 spiro atoms. The predicted octanol–water partition coefficient (Wildman–Crippen LogP) is 20.0. The van der Waals surface area contributed by atoms with E-state index in [-0.39, 0.29) is 65.6 Å². The molecule has 5 atom stereocenters. The number of aromatic nitrogens is 8. The number of rotatable bonds is 17. The molecule has 8 aliphatic rings. The van der Waals surface area contributed by atoms with Crippen molar-refractivity contribution in [3.05, 3.63) is 322 Å². The van der Waals surface area contributed by atoms with Crippen LogP contribution in [0.1, 0.15) is 159 Å². The van der Waals surface area contributed by atoms with E-state index in [1.165, 1.54) is 12.1 Å². The zero-order valence-corrected chi connectivity index (χ0v) is 83.1. The van der Waals surface area contributed by atoms with Crippen molar-refractivity contribution in [3.63, 3.8) is 0 Å². The number of halogens is 1. The molecule has 145 heavy (non-hydrogen) atoms. The zero-order valence-electron chi connectivity index (χ0n) is 83.1. The lowest BCUT2D eigenvalue weighted by molar-refractivity contribution is -0.142. The Kier molecular flexibility index (Phi) is 25.2. The minimum Gasteiger partial charge on any atom is -0.375 e. The van der Waals surface area contributed by atoms with E-state index in [0.29, 0.717) is 88.1 Å². The Morgan fingerprint density at radius 1 is 0.593 bits per heavy atom. The molecule has 6 bridgehead atoms. The summed E-state index contributed by atoms with van der Waals surface area (Å²) < 4.78 is 46.9. The van der Waals surface area contributed by atoms with Gasteiger partial charge in [0.25, 0.3) is 17.7 Å². The Morgan fingerprint density at radius 3 is 1.77 bits per heavy atom. The highest BCUT2D eigenvalue weighted by atomic mass is 19.1. The van der Waals surface area contributed by atoms with Crippen LogP contribution in [0.2, 0.25) is 0 Å². The van der Waals surface area contributed by atoms with Crippen molar-refractivity contribution in [2.24, 2.45) is 7.05 Å². The summed E-state index contributed by atoms with van der Waals surface area (Å²) in [5, 5.41) is 14.0. The van der Waals surface area contributed by atoms with Crippen molar-refractivity contribution in [1.29, 1.82) is 0 Å².